The van der Waals surface area contributed by atoms with Crippen molar-refractivity contribution in [3.63, 3.8) is 0 Å². The van der Waals surface area contributed by atoms with E-state index >= 15 is 0 Å². The van der Waals surface area contributed by atoms with Crippen molar-refractivity contribution in [1.29, 1.82) is 0 Å². The normalized spacial score (nSPS) is 27.8. The van der Waals surface area contributed by atoms with Gasteiger partial charge in [0.1, 0.15) is 0 Å². The number of carbonyl (C=O) groups excluding carboxylic acids is 1. The number of hydrogen-bond donors (Lipinski definition) is 2. The number of amides is 1. The quantitative estimate of drug-likeness (QED) is 0.703. The Morgan fingerprint density at radius 3 is 2.65 bits per heavy atom. The Morgan fingerprint density at radius 2 is 2.06 bits per heavy atom. The number of hydrogen-bond acceptors (Lipinski definition) is 3. The van der Waals surface area contributed by atoms with Crippen molar-refractivity contribution in [3.8, 4) is 0 Å². The Kier molecular flexibility index (Phi) is 4.05. The van der Waals surface area contributed by atoms with Crippen molar-refractivity contribution < 1.29 is 9.53 Å². The molecule has 1 aliphatic carbocycles. The summed E-state index contributed by atoms with van der Waals surface area (Å²) in [5.41, 5.74) is 0.222. The van der Waals surface area contributed by atoms with E-state index in [2.05, 4.69) is 24.5 Å². The Bertz CT molecular complexity index is 273. The van der Waals surface area contributed by atoms with Crippen LogP contribution >= 0.6 is 0 Å². The molecule has 1 saturated heterocycles. The highest BCUT2D eigenvalue weighted by Crippen LogP contribution is 2.51. The van der Waals surface area contributed by atoms with Gasteiger partial charge in [-0.25, -0.2) is 0 Å². The minimum Gasteiger partial charge on any atom is -0.376 e. The summed E-state index contributed by atoms with van der Waals surface area (Å²) >= 11 is 0. The smallest absolute Gasteiger partial charge is 0.223 e. The standard InChI is InChI=1S/C13H24N2O2/c1-13(2)9-11(13)12(16)15-7-8-17-10-3-5-14-6-4-10/h10-11,14H,3-9H2,1-2H3,(H,15,16). The van der Waals surface area contributed by atoms with Crippen LogP contribution in [0.25, 0.3) is 0 Å². The summed E-state index contributed by atoms with van der Waals surface area (Å²) in [4.78, 5) is 11.7. The van der Waals surface area contributed by atoms with Gasteiger partial charge in [0.15, 0.2) is 0 Å². The van der Waals surface area contributed by atoms with Crippen LogP contribution in [-0.2, 0) is 9.53 Å². The van der Waals surface area contributed by atoms with E-state index in [1.54, 1.807) is 0 Å². The van der Waals surface area contributed by atoms with Gasteiger partial charge in [-0.05, 0) is 37.8 Å². The van der Waals surface area contributed by atoms with Crippen molar-refractivity contribution >= 4 is 5.91 Å². The van der Waals surface area contributed by atoms with Crippen LogP contribution in [0, 0.1) is 11.3 Å². The molecular weight excluding hydrogens is 216 g/mol. The fraction of sp³-hybridized carbons (Fsp3) is 0.923. The number of ether oxygens (including phenoxy) is 1. The molecule has 2 N–H and O–H groups in total. The molecule has 1 saturated carbocycles. The lowest BCUT2D eigenvalue weighted by molar-refractivity contribution is -0.123. The summed E-state index contributed by atoms with van der Waals surface area (Å²) in [6.45, 7) is 7.67. The van der Waals surface area contributed by atoms with Gasteiger partial charge >= 0.3 is 0 Å². The lowest BCUT2D eigenvalue weighted by Crippen LogP contribution is -2.35. The molecule has 4 nitrogen and oxygen atoms in total. The molecule has 0 bridgehead atoms. The molecule has 2 aliphatic rings. The average Bonchev–Trinajstić information content (AvgIpc) is 2.95. The second kappa shape index (κ2) is 5.36. The molecule has 1 aliphatic heterocycles. The van der Waals surface area contributed by atoms with Crippen molar-refractivity contribution in [3.05, 3.63) is 0 Å². The zero-order valence-corrected chi connectivity index (χ0v) is 10.9. The van der Waals surface area contributed by atoms with Crippen molar-refractivity contribution in [1.82, 2.24) is 10.6 Å². The van der Waals surface area contributed by atoms with Crippen LogP contribution in [0.4, 0.5) is 0 Å². The molecule has 4 heteroatoms. The van der Waals surface area contributed by atoms with Crippen LogP contribution in [0.1, 0.15) is 33.1 Å². The van der Waals surface area contributed by atoms with E-state index in [0.717, 1.165) is 32.4 Å². The zero-order chi connectivity index (χ0) is 12.3. The van der Waals surface area contributed by atoms with Crippen LogP contribution in [-0.4, -0.2) is 38.3 Å². The Labute approximate surface area is 103 Å². The fourth-order valence-corrected chi connectivity index (χ4v) is 2.40. The minimum atomic E-state index is 0.198. The van der Waals surface area contributed by atoms with Crippen LogP contribution in [0.2, 0.25) is 0 Å². The Hall–Kier alpha value is -0.610. The molecule has 1 amide bonds. The Balaban J connectivity index is 1.53. The molecule has 1 unspecified atom stereocenters. The van der Waals surface area contributed by atoms with Crippen LogP contribution in [0.15, 0.2) is 0 Å². The van der Waals surface area contributed by atoms with Gasteiger partial charge in [-0.3, -0.25) is 4.79 Å². The van der Waals surface area contributed by atoms with E-state index in [1.165, 1.54) is 0 Å². The summed E-state index contributed by atoms with van der Waals surface area (Å²) in [5, 5.41) is 6.27. The highest BCUT2D eigenvalue weighted by atomic mass is 16.5. The molecule has 0 aromatic carbocycles. The van der Waals surface area contributed by atoms with Crippen LogP contribution in [0.3, 0.4) is 0 Å². The first kappa shape index (κ1) is 12.8. The van der Waals surface area contributed by atoms with Gasteiger partial charge in [-0.15, -0.1) is 0 Å². The van der Waals surface area contributed by atoms with Crippen LogP contribution < -0.4 is 10.6 Å². The van der Waals surface area contributed by atoms with E-state index in [0.29, 0.717) is 19.3 Å². The molecule has 0 aromatic heterocycles. The molecule has 98 valence electrons. The monoisotopic (exact) mass is 240 g/mol. The maximum Gasteiger partial charge on any atom is 0.223 e. The molecule has 1 heterocycles. The van der Waals surface area contributed by atoms with E-state index in [9.17, 15) is 4.79 Å². The molecular formula is C13H24N2O2. The summed E-state index contributed by atoms with van der Waals surface area (Å²) < 4.78 is 5.73. The second-order valence-corrected chi connectivity index (χ2v) is 5.86. The number of nitrogens with one attached hydrogen (secondary N) is 2. The van der Waals surface area contributed by atoms with Crippen molar-refractivity contribution in [2.45, 2.75) is 39.2 Å². The lowest BCUT2D eigenvalue weighted by Gasteiger charge is -2.22. The predicted octanol–water partition coefficient (Wildman–Crippen LogP) is 0.917. The molecule has 0 radical (unpaired) electrons. The van der Waals surface area contributed by atoms with E-state index in [4.69, 9.17) is 4.74 Å². The summed E-state index contributed by atoms with van der Waals surface area (Å²) in [6.07, 6.45) is 3.58. The number of piperidine rings is 1. The highest BCUT2D eigenvalue weighted by Gasteiger charge is 2.50. The maximum atomic E-state index is 11.7. The van der Waals surface area contributed by atoms with Crippen molar-refractivity contribution in [2.24, 2.45) is 11.3 Å². The second-order valence-electron chi connectivity index (χ2n) is 5.86. The average molecular weight is 240 g/mol. The fourth-order valence-electron chi connectivity index (χ4n) is 2.40. The molecule has 2 fully saturated rings. The van der Waals surface area contributed by atoms with Gasteiger partial charge in [-0.1, -0.05) is 13.8 Å². The molecule has 1 atom stereocenters. The molecule has 0 aromatic rings. The third-order valence-corrected chi connectivity index (χ3v) is 3.87. The number of rotatable bonds is 5. The SMILES string of the molecule is CC1(C)CC1C(=O)NCCOC1CCNCC1. The van der Waals surface area contributed by atoms with Gasteiger partial charge in [-0.2, -0.15) is 0 Å². The zero-order valence-electron chi connectivity index (χ0n) is 10.9. The summed E-state index contributed by atoms with van der Waals surface area (Å²) in [7, 11) is 0. The maximum absolute atomic E-state index is 11.7. The summed E-state index contributed by atoms with van der Waals surface area (Å²) in [6, 6.07) is 0. The van der Waals surface area contributed by atoms with Crippen LogP contribution in [0.5, 0.6) is 0 Å². The van der Waals surface area contributed by atoms with E-state index < -0.39 is 0 Å². The van der Waals surface area contributed by atoms with E-state index in [1.807, 2.05) is 0 Å². The van der Waals surface area contributed by atoms with Gasteiger partial charge in [0.05, 0.1) is 12.7 Å². The lowest BCUT2D eigenvalue weighted by atomic mass is 10.1. The largest absolute Gasteiger partial charge is 0.376 e. The molecule has 0 spiro atoms. The third kappa shape index (κ3) is 3.68. The number of carbonyl (C=O) groups is 1. The topological polar surface area (TPSA) is 50.4 Å². The highest BCUT2D eigenvalue weighted by molar-refractivity contribution is 5.82. The van der Waals surface area contributed by atoms with Gasteiger partial charge in [0.2, 0.25) is 5.91 Å². The first-order valence-electron chi connectivity index (χ1n) is 6.69. The Morgan fingerprint density at radius 1 is 1.41 bits per heavy atom. The van der Waals surface area contributed by atoms with Gasteiger partial charge in [0.25, 0.3) is 0 Å². The van der Waals surface area contributed by atoms with Gasteiger partial charge in [0, 0.05) is 12.5 Å². The molecule has 2 rings (SSSR count). The third-order valence-electron chi connectivity index (χ3n) is 3.87. The molecule has 17 heavy (non-hydrogen) atoms. The van der Waals surface area contributed by atoms with Crippen molar-refractivity contribution in [2.75, 3.05) is 26.2 Å². The first-order valence-corrected chi connectivity index (χ1v) is 6.69. The minimum absolute atomic E-state index is 0.198. The predicted molar refractivity (Wildman–Crippen MR) is 66.7 cm³/mol. The first-order chi connectivity index (χ1) is 8.09. The van der Waals surface area contributed by atoms with Gasteiger partial charge < -0.3 is 15.4 Å². The van der Waals surface area contributed by atoms with E-state index in [-0.39, 0.29) is 17.2 Å². The summed E-state index contributed by atoms with van der Waals surface area (Å²) in [5.74, 6) is 0.422.